The molecule has 0 saturated carbocycles. The molecule has 0 bridgehead atoms. The molecular weight excluding hydrogens is 208 g/mol. The van der Waals surface area contributed by atoms with Gasteiger partial charge in [0.25, 0.3) is 0 Å². The predicted molar refractivity (Wildman–Crippen MR) is 6.41 cm³/mol. The smallest absolute Gasteiger partial charge is 0 e. The van der Waals surface area contributed by atoms with Crippen LogP contribution in [0.3, 0.4) is 0 Å². The molecule has 3 heteroatoms. The van der Waals surface area contributed by atoms with Crippen LogP contribution in [-0.4, -0.2) is 0 Å². The zero-order chi connectivity index (χ0) is 0. The quantitative estimate of drug-likeness (QED) is 0.402. The van der Waals surface area contributed by atoms with E-state index in [9.17, 15) is 0 Å². The van der Waals surface area contributed by atoms with Crippen LogP contribution < -0.4 is 0 Å². The summed E-state index contributed by atoms with van der Waals surface area (Å²) in [6, 6.07) is 0. The molecule has 0 aromatic rings. The molecule has 0 fully saturated rings. The van der Waals surface area contributed by atoms with Crippen molar-refractivity contribution in [1.82, 2.24) is 0 Å². The summed E-state index contributed by atoms with van der Waals surface area (Å²) in [5, 5.41) is 0. The Bertz CT molecular complexity index is 8.00. The van der Waals surface area contributed by atoms with E-state index in [1.54, 1.807) is 0 Å². The Hall–Kier alpha value is 1.97. The van der Waals surface area contributed by atoms with Crippen LogP contribution in [0.4, 0.5) is 0 Å². The van der Waals surface area contributed by atoms with Gasteiger partial charge in [0, 0.05) is 61.2 Å². The van der Waals surface area contributed by atoms with Gasteiger partial charge in [-0.15, -0.1) is 0 Å². The van der Waals surface area contributed by atoms with E-state index in [1.807, 2.05) is 0 Å². The van der Waals surface area contributed by atoms with E-state index < -0.39 is 0 Å². The SMILES string of the molecule is [CH3-].[Mn].[Nb].[Ti]. The molecule has 0 spiro atoms. The summed E-state index contributed by atoms with van der Waals surface area (Å²) < 4.78 is 0. The van der Waals surface area contributed by atoms with Crippen LogP contribution in [0, 0.1) is 7.43 Å². The maximum absolute atomic E-state index is 0. The van der Waals surface area contributed by atoms with Crippen LogP contribution in [0.5, 0.6) is 0 Å². The largest absolute Gasteiger partial charge is 0.358 e. The van der Waals surface area contributed by atoms with Crippen molar-refractivity contribution in [2.75, 3.05) is 0 Å². The third-order valence-corrected chi connectivity index (χ3v) is 0. The first-order chi connectivity index (χ1) is 0. The maximum Gasteiger partial charge on any atom is 0 e. The molecule has 24 valence electrons. The van der Waals surface area contributed by atoms with Gasteiger partial charge in [-0.2, -0.15) is 0 Å². The molecule has 0 aromatic heterocycles. The average molecular weight is 211 g/mol. The average Bonchev–Trinajstić information content (AvgIpc) is 0. The third-order valence-electron chi connectivity index (χ3n) is 0. The molecule has 0 heterocycles. The molecule has 4 heavy (non-hydrogen) atoms. The summed E-state index contributed by atoms with van der Waals surface area (Å²) in [5.74, 6) is 0. The van der Waals surface area contributed by atoms with Gasteiger partial charge in [-0.1, -0.05) is 0 Å². The molecule has 0 saturated heterocycles. The fourth-order valence-corrected chi connectivity index (χ4v) is 0. The Balaban J connectivity index is 0. The molecule has 0 aromatic carbocycles. The Morgan fingerprint density at radius 3 is 1.00 bits per heavy atom. The van der Waals surface area contributed by atoms with Gasteiger partial charge >= 0.3 is 0 Å². The number of hydrogen-bond donors (Lipinski definition) is 0. The second-order valence-electron chi connectivity index (χ2n) is 0. The van der Waals surface area contributed by atoms with Gasteiger partial charge in [0.1, 0.15) is 0 Å². The van der Waals surface area contributed by atoms with Crippen molar-refractivity contribution >= 4 is 0 Å². The Morgan fingerprint density at radius 1 is 1.00 bits per heavy atom. The fraction of sp³-hybridized carbons (Fsp3) is 0. The minimum atomic E-state index is 0. The van der Waals surface area contributed by atoms with E-state index in [0.717, 1.165) is 0 Å². The molecule has 0 aliphatic heterocycles. The minimum Gasteiger partial charge on any atom is -0.358 e. The van der Waals surface area contributed by atoms with E-state index in [4.69, 9.17) is 0 Å². The number of rotatable bonds is 0. The zero-order valence-electron chi connectivity index (χ0n) is 2.33. The fourth-order valence-electron chi connectivity index (χ4n) is 0. The van der Waals surface area contributed by atoms with Crippen LogP contribution in [0.1, 0.15) is 0 Å². The first-order valence-corrected chi connectivity index (χ1v) is 0. The molecule has 0 amide bonds. The summed E-state index contributed by atoms with van der Waals surface area (Å²) in [4.78, 5) is 0. The Morgan fingerprint density at radius 2 is 1.00 bits per heavy atom. The molecule has 0 atom stereocenters. The van der Waals surface area contributed by atoms with Gasteiger partial charge in [-0.05, 0) is 0 Å². The second-order valence-corrected chi connectivity index (χ2v) is 0. The van der Waals surface area contributed by atoms with Crippen LogP contribution in [0.2, 0.25) is 0 Å². The molecule has 0 aliphatic rings. The molecule has 0 unspecified atom stereocenters. The van der Waals surface area contributed by atoms with E-state index >= 15 is 0 Å². The summed E-state index contributed by atoms with van der Waals surface area (Å²) in [6.45, 7) is 0. The first kappa shape index (κ1) is 37.9. The molecule has 0 aliphatic carbocycles. The van der Waals surface area contributed by atoms with E-state index in [2.05, 4.69) is 0 Å². The third kappa shape index (κ3) is 9.02. The van der Waals surface area contributed by atoms with E-state index in [0.29, 0.717) is 0 Å². The van der Waals surface area contributed by atoms with Gasteiger partial charge in [0.2, 0.25) is 0 Å². The van der Waals surface area contributed by atoms with Crippen molar-refractivity contribution < 1.29 is 61.2 Å². The van der Waals surface area contributed by atoms with Crippen molar-refractivity contribution in [3.05, 3.63) is 7.43 Å². The van der Waals surface area contributed by atoms with Gasteiger partial charge in [-0.25, -0.2) is 0 Å². The first-order valence-electron chi connectivity index (χ1n) is 0. The molecule has 0 N–H and O–H groups in total. The van der Waals surface area contributed by atoms with Crippen molar-refractivity contribution in [3.8, 4) is 0 Å². The standard InChI is InChI=1S/CH3.Mn.Nb.Ti/h1H3;;;/q-1;;;. The second kappa shape index (κ2) is 20.2. The van der Waals surface area contributed by atoms with Gasteiger partial charge in [0.15, 0.2) is 0 Å². The normalized spacial score (nSPS) is 0. The zero-order valence-corrected chi connectivity index (χ0v) is 7.27. The van der Waals surface area contributed by atoms with E-state index in [-0.39, 0.29) is 68.6 Å². The Labute approximate surface area is 68.0 Å². The van der Waals surface area contributed by atoms with Crippen molar-refractivity contribution in [2.45, 2.75) is 0 Å². The summed E-state index contributed by atoms with van der Waals surface area (Å²) in [5.41, 5.74) is 0. The van der Waals surface area contributed by atoms with Gasteiger partial charge in [0.05, 0.1) is 0 Å². The van der Waals surface area contributed by atoms with Gasteiger partial charge < -0.3 is 7.43 Å². The van der Waals surface area contributed by atoms with Crippen LogP contribution in [0.25, 0.3) is 0 Å². The van der Waals surface area contributed by atoms with Crippen LogP contribution in [0.15, 0.2) is 0 Å². The van der Waals surface area contributed by atoms with Gasteiger partial charge in [-0.3, -0.25) is 0 Å². The van der Waals surface area contributed by atoms with Crippen LogP contribution in [-0.2, 0) is 61.2 Å². The predicted octanol–water partition coefficient (Wildman–Crippen LogP) is 0.443. The molecule has 0 rings (SSSR count). The summed E-state index contributed by atoms with van der Waals surface area (Å²) >= 11 is 0. The summed E-state index contributed by atoms with van der Waals surface area (Å²) in [7, 11) is 0. The number of hydrogen-bond acceptors (Lipinski definition) is 0. The monoisotopic (exact) mass is 211 g/mol. The van der Waals surface area contributed by atoms with Crippen molar-refractivity contribution in [1.29, 1.82) is 0 Å². The Kier molecular flexibility index (Phi) is 191. The summed E-state index contributed by atoms with van der Waals surface area (Å²) in [6.07, 6.45) is 0. The molecular formula is CH3MnNbTi-. The maximum atomic E-state index is 0. The molecule has 0 nitrogen and oxygen atoms in total. The van der Waals surface area contributed by atoms with E-state index in [1.165, 1.54) is 0 Å². The van der Waals surface area contributed by atoms with Crippen molar-refractivity contribution in [3.63, 3.8) is 0 Å². The van der Waals surface area contributed by atoms with Crippen molar-refractivity contribution in [2.24, 2.45) is 0 Å². The molecule has 2 radical (unpaired) electrons. The minimum absolute atomic E-state index is 0. The van der Waals surface area contributed by atoms with Crippen LogP contribution >= 0.6 is 0 Å². The topological polar surface area (TPSA) is 0 Å².